The maximum Gasteiger partial charge on any atom is 0.408 e. The van der Waals surface area contributed by atoms with Crippen molar-refractivity contribution in [2.75, 3.05) is 0 Å². The number of para-hydroxylation sites is 1. The van der Waals surface area contributed by atoms with Gasteiger partial charge >= 0.3 is 12.1 Å². The molecule has 0 saturated heterocycles. The van der Waals surface area contributed by atoms with Gasteiger partial charge in [-0.3, -0.25) is 9.59 Å². The Morgan fingerprint density at radius 3 is 2.42 bits per heavy atom. The van der Waals surface area contributed by atoms with Crippen LogP contribution in [0, 0.1) is 0 Å². The van der Waals surface area contributed by atoms with E-state index in [0.29, 0.717) is 0 Å². The molecule has 1 heterocycles. The van der Waals surface area contributed by atoms with E-state index in [1.165, 1.54) is 0 Å². The Bertz CT molecular complexity index is 962. The number of H-pyrrole nitrogens is 1. The minimum absolute atomic E-state index is 0.0278. The molecule has 0 saturated carbocycles. The zero-order chi connectivity index (χ0) is 23.2. The predicted molar refractivity (Wildman–Crippen MR) is 113 cm³/mol. The van der Waals surface area contributed by atoms with Crippen LogP contribution in [-0.4, -0.2) is 51.7 Å². The summed E-state index contributed by atoms with van der Waals surface area (Å²) >= 11 is 0. The van der Waals surface area contributed by atoms with Crippen molar-refractivity contribution in [3.63, 3.8) is 0 Å². The second-order valence-corrected chi connectivity index (χ2v) is 8.17. The first-order chi connectivity index (χ1) is 14.5. The summed E-state index contributed by atoms with van der Waals surface area (Å²) in [7, 11) is 0. The Kier molecular flexibility index (Phi) is 7.62. The fraction of sp³-hybridized carbons (Fsp3) is 0.429. The van der Waals surface area contributed by atoms with E-state index < -0.39 is 41.6 Å². The number of amides is 3. The molecule has 2 aromatic rings. The number of aliphatic carboxylic acids is 1. The number of benzene rings is 1. The van der Waals surface area contributed by atoms with Crippen molar-refractivity contribution in [3.8, 4) is 0 Å². The van der Waals surface area contributed by atoms with Gasteiger partial charge in [-0.15, -0.1) is 0 Å². The van der Waals surface area contributed by atoms with Gasteiger partial charge in [-0.25, -0.2) is 9.59 Å². The van der Waals surface area contributed by atoms with E-state index in [4.69, 9.17) is 10.5 Å². The van der Waals surface area contributed by atoms with Crippen LogP contribution in [-0.2, 0) is 25.5 Å². The van der Waals surface area contributed by atoms with Crippen LogP contribution < -0.4 is 16.4 Å². The molecule has 2 rings (SSSR count). The molecule has 0 unspecified atom stereocenters. The second-order valence-electron chi connectivity index (χ2n) is 8.17. The van der Waals surface area contributed by atoms with E-state index in [-0.39, 0.29) is 19.3 Å². The van der Waals surface area contributed by atoms with Crippen LogP contribution in [0.1, 0.15) is 39.2 Å². The maximum absolute atomic E-state index is 12.8. The standard InChI is InChI=1S/C21H28N4O6/c1-21(2,3)31-20(30)25-15(8-9-17(22)26)18(27)24-16(19(28)29)10-12-11-23-14-7-5-4-6-13(12)14/h4-7,11,15-16,23H,8-10H2,1-3H3,(H2,22,26)(H,24,27)(H,25,30)(H,28,29)/t15-,16-/m1/s1. The molecule has 0 radical (unpaired) electrons. The fourth-order valence-corrected chi connectivity index (χ4v) is 3.00. The lowest BCUT2D eigenvalue weighted by molar-refractivity contribution is -0.142. The van der Waals surface area contributed by atoms with Gasteiger partial charge in [-0.05, 0) is 38.8 Å². The average molecular weight is 432 g/mol. The molecule has 6 N–H and O–H groups in total. The summed E-state index contributed by atoms with van der Waals surface area (Å²) in [6.07, 6.45) is 0.588. The molecule has 168 valence electrons. The topological polar surface area (TPSA) is 164 Å². The summed E-state index contributed by atoms with van der Waals surface area (Å²) < 4.78 is 5.14. The number of ether oxygens (including phenoxy) is 1. The lowest BCUT2D eigenvalue weighted by atomic mass is 10.0. The number of carbonyl (C=O) groups excluding carboxylic acids is 3. The highest BCUT2D eigenvalue weighted by atomic mass is 16.6. The monoisotopic (exact) mass is 432 g/mol. The third-order valence-corrected chi connectivity index (χ3v) is 4.40. The van der Waals surface area contributed by atoms with Crippen molar-refractivity contribution < 1.29 is 29.0 Å². The number of aromatic amines is 1. The number of aromatic nitrogens is 1. The maximum atomic E-state index is 12.8. The number of rotatable bonds is 9. The van der Waals surface area contributed by atoms with Gasteiger partial charge in [0.2, 0.25) is 11.8 Å². The molecule has 0 aliphatic rings. The van der Waals surface area contributed by atoms with Gasteiger partial charge in [-0.2, -0.15) is 0 Å². The molecule has 0 fully saturated rings. The summed E-state index contributed by atoms with van der Waals surface area (Å²) in [5.74, 6) is -2.64. The van der Waals surface area contributed by atoms with Gasteiger partial charge in [0.15, 0.2) is 0 Å². The first-order valence-electron chi connectivity index (χ1n) is 9.82. The van der Waals surface area contributed by atoms with Gasteiger partial charge in [-0.1, -0.05) is 18.2 Å². The number of fused-ring (bicyclic) bond motifs is 1. The van der Waals surface area contributed by atoms with Crippen LogP contribution in [0.3, 0.4) is 0 Å². The van der Waals surface area contributed by atoms with Gasteiger partial charge < -0.3 is 31.2 Å². The first-order valence-corrected chi connectivity index (χ1v) is 9.82. The molecule has 2 atom stereocenters. The van der Waals surface area contributed by atoms with Crippen molar-refractivity contribution in [1.29, 1.82) is 0 Å². The number of hydrogen-bond donors (Lipinski definition) is 5. The highest BCUT2D eigenvalue weighted by Crippen LogP contribution is 2.19. The van der Waals surface area contributed by atoms with Crippen LogP contribution in [0.2, 0.25) is 0 Å². The number of carbonyl (C=O) groups is 4. The first kappa shape index (κ1) is 23.7. The zero-order valence-corrected chi connectivity index (χ0v) is 17.7. The summed E-state index contributed by atoms with van der Waals surface area (Å²) in [5, 5.41) is 15.3. The molecule has 0 bridgehead atoms. The molecular formula is C21H28N4O6. The number of alkyl carbamates (subject to hydrolysis) is 1. The molecule has 0 spiro atoms. The third kappa shape index (κ3) is 7.32. The summed E-state index contributed by atoms with van der Waals surface area (Å²) in [4.78, 5) is 50.8. The summed E-state index contributed by atoms with van der Waals surface area (Å²) in [6, 6.07) is 4.96. The lowest BCUT2D eigenvalue weighted by Gasteiger charge is -2.24. The van der Waals surface area contributed by atoms with Crippen LogP contribution in [0.15, 0.2) is 30.5 Å². The van der Waals surface area contributed by atoms with Crippen LogP contribution in [0.25, 0.3) is 10.9 Å². The average Bonchev–Trinajstić information content (AvgIpc) is 3.05. The van der Waals surface area contributed by atoms with E-state index in [1.54, 1.807) is 27.0 Å². The Hall–Kier alpha value is -3.56. The SMILES string of the molecule is CC(C)(C)OC(=O)N[C@H](CCC(N)=O)C(=O)N[C@H](Cc1c[nH]c2ccccc12)C(=O)O. The normalized spacial score (nSPS) is 13.3. The molecule has 1 aromatic heterocycles. The highest BCUT2D eigenvalue weighted by molar-refractivity contribution is 5.90. The van der Waals surface area contributed by atoms with E-state index in [9.17, 15) is 24.3 Å². The van der Waals surface area contributed by atoms with E-state index in [0.717, 1.165) is 16.5 Å². The lowest BCUT2D eigenvalue weighted by Crippen LogP contribution is -2.53. The van der Waals surface area contributed by atoms with Gasteiger partial charge in [0.25, 0.3) is 0 Å². The largest absolute Gasteiger partial charge is 0.480 e. The number of nitrogens with one attached hydrogen (secondary N) is 3. The van der Waals surface area contributed by atoms with Crippen molar-refractivity contribution in [2.24, 2.45) is 5.73 Å². The second kappa shape index (κ2) is 9.96. The predicted octanol–water partition coefficient (Wildman–Crippen LogP) is 1.44. The fourth-order valence-electron chi connectivity index (χ4n) is 3.00. The molecular weight excluding hydrogens is 404 g/mol. The molecule has 10 heteroatoms. The Morgan fingerprint density at radius 1 is 1.13 bits per heavy atom. The van der Waals surface area contributed by atoms with Gasteiger partial charge in [0.05, 0.1) is 0 Å². The van der Waals surface area contributed by atoms with Crippen molar-refractivity contribution in [2.45, 2.75) is 57.7 Å². The molecule has 1 aromatic carbocycles. The molecule has 0 aliphatic heterocycles. The number of nitrogens with two attached hydrogens (primary N) is 1. The molecule has 3 amide bonds. The zero-order valence-electron chi connectivity index (χ0n) is 17.7. The van der Waals surface area contributed by atoms with Crippen molar-refractivity contribution in [3.05, 3.63) is 36.0 Å². The Morgan fingerprint density at radius 2 is 1.81 bits per heavy atom. The van der Waals surface area contributed by atoms with Gasteiger partial charge in [0.1, 0.15) is 17.7 Å². The van der Waals surface area contributed by atoms with E-state index in [2.05, 4.69) is 15.6 Å². The molecule has 0 aliphatic carbocycles. The number of carboxylic acids is 1. The number of primary amides is 1. The minimum atomic E-state index is -1.25. The number of hydrogen-bond acceptors (Lipinski definition) is 5. The molecule has 31 heavy (non-hydrogen) atoms. The summed E-state index contributed by atoms with van der Waals surface area (Å²) in [6.45, 7) is 4.98. The van der Waals surface area contributed by atoms with E-state index in [1.807, 2.05) is 24.3 Å². The van der Waals surface area contributed by atoms with Crippen LogP contribution in [0.4, 0.5) is 4.79 Å². The van der Waals surface area contributed by atoms with Crippen LogP contribution >= 0.6 is 0 Å². The smallest absolute Gasteiger partial charge is 0.408 e. The minimum Gasteiger partial charge on any atom is -0.480 e. The van der Waals surface area contributed by atoms with Crippen molar-refractivity contribution in [1.82, 2.24) is 15.6 Å². The molecule has 10 nitrogen and oxygen atoms in total. The highest BCUT2D eigenvalue weighted by Gasteiger charge is 2.29. The Balaban J connectivity index is 2.13. The van der Waals surface area contributed by atoms with E-state index >= 15 is 0 Å². The van der Waals surface area contributed by atoms with Gasteiger partial charge in [0, 0.05) is 29.9 Å². The quantitative estimate of drug-likeness (QED) is 0.402. The Labute approximate surface area is 179 Å². The third-order valence-electron chi connectivity index (χ3n) is 4.40. The van der Waals surface area contributed by atoms with Crippen molar-refractivity contribution >= 4 is 34.8 Å². The van der Waals surface area contributed by atoms with Crippen LogP contribution in [0.5, 0.6) is 0 Å². The number of carboxylic acid groups (broad SMARTS) is 1. The summed E-state index contributed by atoms with van der Waals surface area (Å²) in [5.41, 5.74) is 5.92.